The van der Waals surface area contributed by atoms with Crippen LogP contribution in [0.2, 0.25) is 0 Å². The first-order chi connectivity index (χ1) is 13.0. The number of halogens is 3. The van der Waals surface area contributed by atoms with Gasteiger partial charge in [0.2, 0.25) is 11.0 Å². The number of ether oxygens (including phenoxy) is 1. The number of urea groups is 1. The Bertz CT molecular complexity index is 827. The van der Waals surface area contributed by atoms with Gasteiger partial charge in [0.15, 0.2) is 4.34 Å². The van der Waals surface area contributed by atoms with Crippen LogP contribution in [0.1, 0.15) is 13.8 Å². The Labute approximate surface area is 166 Å². The summed E-state index contributed by atoms with van der Waals surface area (Å²) >= 11 is 2.27. The molecule has 0 bridgehead atoms. The summed E-state index contributed by atoms with van der Waals surface area (Å²) in [4.78, 5) is 22.9. The monoisotopic (exact) mass is 435 g/mol. The lowest BCUT2D eigenvalue weighted by atomic mass is 10.1. The second-order valence-corrected chi connectivity index (χ2v) is 8.07. The molecule has 1 heterocycles. The van der Waals surface area contributed by atoms with Crippen LogP contribution in [-0.4, -0.2) is 33.7 Å². The average Bonchev–Trinajstić information content (AvgIpc) is 2.99. The molecule has 2 rings (SSSR count). The van der Waals surface area contributed by atoms with E-state index in [-0.39, 0.29) is 11.7 Å². The van der Waals surface area contributed by atoms with E-state index in [1.807, 2.05) is 19.2 Å². The summed E-state index contributed by atoms with van der Waals surface area (Å²) < 4.78 is 40.8. The van der Waals surface area contributed by atoms with Gasteiger partial charge in [0.25, 0.3) is 0 Å². The average molecular weight is 435 g/mol. The van der Waals surface area contributed by atoms with Crippen molar-refractivity contribution in [3.05, 3.63) is 24.3 Å². The maximum atomic E-state index is 12.2. The molecule has 2 aromatic rings. The smallest absolute Gasteiger partial charge is 0.406 e. The highest BCUT2D eigenvalue weighted by Crippen LogP contribution is 2.33. The van der Waals surface area contributed by atoms with Gasteiger partial charge in [0, 0.05) is 5.69 Å². The summed E-state index contributed by atoms with van der Waals surface area (Å²) in [7, 11) is 0. The number of hydrogen-bond acceptors (Lipinski definition) is 8. The molecular formula is C15H16F3N5O3S2. The minimum atomic E-state index is -4.76. The molecule has 1 aromatic heterocycles. The lowest BCUT2D eigenvalue weighted by Gasteiger charge is -2.16. The largest absolute Gasteiger partial charge is 0.573 e. The van der Waals surface area contributed by atoms with E-state index in [2.05, 4.69) is 20.3 Å². The maximum absolute atomic E-state index is 12.2. The van der Waals surface area contributed by atoms with Gasteiger partial charge in [0.1, 0.15) is 5.75 Å². The number of alkyl halides is 3. The molecule has 28 heavy (non-hydrogen) atoms. The van der Waals surface area contributed by atoms with Crippen molar-refractivity contribution in [1.29, 1.82) is 0 Å². The number of rotatable bonds is 7. The van der Waals surface area contributed by atoms with Gasteiger partial charge in [-0.05, 0) is 30.2 Å². The molecule has 4 N–H and O–H groups in total. The summed E-state index contributed by atoms with van der Waals surface area (Å²) in [6.07, 6.45) is -4.76. The SMILES string of the molecule is CC(C)C(Sc1nnc(Nc2ccc(OC(F)(F)F)cc2)s1)C(=O)NC(N)=O. The minimum absolute atomic E-state index is 0.106. The molecule has 1 atom stereocenters. The van der Waals surface area contributed by atoms with E-state index in [4.69, 9.17) is 5.73 Å². The van der Waals surface area contributed by atoms with Crippen LogP contribution < -0.4 is 21.1 Å². The lowest BCUT2D eigenvalue weighted by molar-refractivity contribution is -0.274. The van der Waals surface area contributed by atoms with Crippen LogP contribution in [0.4, 0.5) is 28.8 Å². The lowest BCUT2D eigenvalue weighted by Crippen LogP contribution is -2.42. The van der Waals surface area contributed by atoms with Crippen molar-refractivity contribution in [3.63, 3.8) is 0 Å². The number of amides is 3. The highest BCUT2D eigenvalue weighted by Gasteiger charge is 2.31. The normalized spacial score (nSPS) is 12.5. The van der Waals surface area contributed by atoms with Crippen LogP contribution in [-0.2, 0) is 4.79 Å². The van der Waals surface area contributed by atoms with Crippen LogP contribution in [0.15, 0.2) is 28.6 Å². The fourth-order valence-corrected chi connectivity index (χ4v) is 3.95. The van der Waals surface area contributed by atoms with Crippen LogP contribution >= 0.6 is 23.1 Å². The minimum Gasteiger partial charge on any atom is -0.406 e. The van der Waals surface area contributed by atoms with Crippen molar-refractivity contribution in [2.45, 2.75) is 29.8 Å². The number of primary amides is 1. The molecule has 0 aliphatic rings. The molecule has 1 unspecified atom stereocenters. The van der Waals surface area contributed by atoms with E-state index in [1.54, 1.807) is 0 Å². The third kappa shape index (κ3) is 6.88. The standard InChI is InChI=1S/C15H16F3N5O3S2/c1-7(2)10(11(24)21-12(19)25)27-14-23-22-13(28-14)20-8-3-5-9(6-4-8)26-15(16,17)18/h3-7,10H,1-2H3,(H,20,22)(H3,19,21,24,25). The Morgan fingerprint density at radius 3 is 2.39 bits per heavy atom. The van der Waals surface area contributed by atoms with Crippen molar-refractivity contribution in [1.82, 2.24) is 15.5 Å². The van der Waals surface area contributed by atoms with Gasteiger partial charge in [-0.2, -0.15) is 0 Å². The zero-order valence-electron chi connectivity index (χ0n) is 14.6. The third-order valence-electron chi connectivity index (χ3n) is 3.08. The Morgan fingerprint density at radius 1 is 1.21 bits per heavy atom. The van der Waals surface area contributed by atoms with Gasteiger partial charge >= 0.3 is 12.4 Å². The van der Waals surface area contributed by atoms with Gasteiger partial charge in [-0.15, -0.1) is 23.4 Å². The highest BCUT2D eigenvalue weighted by molar-refractivity contribution is 8.02. The van der Waals surface area contributed by atoms with Gasteiger partial charge in [-0.25, -0.2) is 4.79 Å². The third-order valence-corrected chi connectivity index (χ3v) is 5.55. The second-order valence-electron chi connectivity index (χ2n) is 5.71. The Kier molecular flexibility index (Phi) is 7.07. The molecule has 8 nitrogen and oxygen atoms in total. The maximum Gasteiger partial charge on any atom is 0.573 e. The molecule has 152 valence electrons. The molecule has 0 radical (unpaired) electrons. The number of imide groups is 1. The number of benzene rings is 1. The van der Waals surface area contributed by atoms with Gasteiger partial charge < -0.3 is 15.8 Å². The quantitative estimate of drug-likeness (QED) is 0.570. The van der Waals surface area contributed by atoms with Crippen molar-refractivity contribution in [2.24, 2.45) is 11.7 Å². The number of nitrogens with two attached hydrogens (primary N) is 1. The predicted molar refractivity (Wildman–Crippen MR) is 98.5 cm³/mol. The zero-order valence-corrected chi connectivity index (χ0v) is 16.2. The molecule has 0 aliphatic carbocycles. The van der Waals surface area contributed by atoms with Crippen LogP contribution in [0.3, 0.4) is 0 Å². The fraction of sp³-hybridized carbons (Fsp3) is 0.333. The molecule has 0 aliphatic heterocycles. The summed E-state index contributed by atoms with van der Waals surface area (Å²) in [6.45, 7) is 3.62. The second kappa shape index (κ2) is 9.10. The number of thioether (sulfide) groups is 1. The molecule has 3 amide bonds. The van der Waals surface area contributed by atoms with Gasteiger partial charge in [-0.1, -0.05) is 36.9 Å². The van der Waals surface area contributed by atoms with E-state index in [0.29, 0.717) is 15.2 Å². The fourth-order valence-electron chi connectivity index (χ4n) is 1.96. The Morgan fingerprint density at radius 2 is 1.86 bits per heavy atom. The number of carbonyl (C=O) groups is 2. The van der Waals surface area contributed by atoms with E-state index in [1.165, 1.54) is 12.1 Å². The Hall–Kier alpha value is -2.54. The van der Waals surface area contributed by atoms with Gasteiger partial charge in [0.05, 0.1) is 5.25 Å². The summed E-state index contributed by atoms with van der Waals surface area (Å²) in [5.41, 5.74) is 5.45. The first-order valence-electron chi connectivity index (χ1n) is 7.77. The number of carbonyl (C=O) groups excluding carboxylic acids is 2. The molecule has 0 saturated carbocycles. The van der Waals surface area contributed by atoms with Gasteiger partial charge in [-0.3, -0.25) is 10.1 Å². The van der Waals surface area contributed by atoms with Crippen molar-refractivity contribution in [2.75, 3.05) is 5.32 Å². The summed E-state index contributed by atoms with van der Waals surface area (Å²) in [5.74, 6) is -0.977. The van der Waals surface area contributed by atoms with Crippen molar-refractivity contribution in [3.8, 4) is 5.75 Å². The van der Waals surface area contributed by atoms with E-state index in [0.717, 1.165) is 35.2 Å². The van der Waals surface area contributed by atoms with Crippen LogP contribution in [0.25, 0.3) is 0 Å². The van der Waals surface area contributed by atoms with Crippen LogP contribution in [0.5, 0.6) is 5.75 Å². The highest BCUT2D eigenvalue weighted by atomic mass is 32.2. The molecular weight excluding hydrogens is 419 g/mol. The van der Waals surface area contributed by atoms with Crippen molar-refractivity contribution >= 4 is 45.9 Å². The summed E-state index contributed by atoms with van der Waals surface area (Å²) in [5, 5.41) is 12.6. The predicted octanol–water partition coefficient (Wildman–Crippen LogP) is 3.49. The topological polar surface area (TPSA) is 119 Å². The number of anilines is 2. The molecule has 0 fully saturated rings. The van der Waals surface area contributed by atoms with E-state index >= 15 is 0 Å². The molecule has 0 spiro atoms. The number of hydrogen-bond donors (Lipinski definition) is 3. The molecule has 13 heteroatoms. The molecule has 0 saturated heterocycles. The number of nitrogens with one attached hydrogen (secondary N) is 2. The van der Waals surface area contributed by atoms with Crippen LogP contribution in [0, 0.1) is 5.92 Å². The molecule has 1 aromatic carbocycles. The zero-order chi connectivity index (χ0) is 20.9. The van der Waals surface area contributed by atoms with E-state index < -0.39 is 23.6 Å². The Balaban J connectivity index is 2.01. The van der Waals surface area contributed by atoms with Crippen molar-refractivity contribution < 1.29 is 27.5 Å². The first-order valence-corrected chi connectivity index (χ1v) is 9.46. The summed E-state index contributed by atoms with van der Waals surface area (Å²) in [6, 6.07) is 4.18. The number of aromatic nitrogens is 2. The number of nitrogens with zero attached hydrogens (tertiary/aromatic N) is 2. The van der Waals surface area contributed by atoms with E-state index in [9.17, 15) is 22.8 Å². The first kappa shape index (κ1) is 21.8.